The van der Waals surface area contributed by atoms with E-state index in [1.807, 2.05) is 23.6 Å². The number of nitrogens with zero attached hydrogens (tertiary/aromatic N) is 2. The molecule has 2 aromatic heterocycles. The zero-order valence-corrected chi connectivity index (χ0v) is 11.5. The lowest BCUT2D eigenvalue weighted by Crippen LogP contribution is -2.25. The van der Waals surface area contributed by atoms with Crippen molar-refractivity contribution in [2.75, 3.05) is 18.8 Å². The highest BCUT2D eigenvalue weighted by Crippen LogP contribution is 2.11. The first-order chi connectivity index (χ1) is 8.78. The molecule has 0 atom stereocenters. The average molecular weight is 261 g/mol. The summed E-state index contributed by atoms with van der Waals surface area (Å²) in [6.45, 7) is 5.27. The van der Waals surface area contributed by atoms with E-state index >= 15 is 0 Å². The van der Waals surface area contributed by atoms with E-state index in [9.17, 15) is 0 Å². The summed E-state index contributed by atoms with van der Waals surface area (Å²) in [7, 11) is 0. The second kappa shape index (κ2) is 6.52. The molecule has 2 N–H and O–H groups in total. The summed E-state index contributed by atoms with van der Waals surface area (Å²) in [5.41, 5.74) is 6.81. The van der Waals surface area contributed by atoms with Crippen LogP contribution in [0.4, 0.5) is 5.82 Å². The first-order valence-electron chi connectivity index (χ1n) is 6.23. The molecule has 2 rings (SSSR count). The number of hydrogen-bond donors (Lipinski definition) is 1. The minimum atomic E-state index is 0.584. The van der Waals surface area contributed by atoms with E-state index in [0.717, 1.165) is 26.1 Å². The van der Waals surface area contributed by atoms with Gasteiger partial charge in [0.25, 0.3) is 0 Å². The third-order valence-electron chi connectivity index (χ3n) is 2.96. The maximum atomic E-state index is 5.59. The van der Waals surface area contributed by atoms with Gasteiger partial charge in [-0.3, -0.25) is 4.90 Å². The summed E-state index contributed by atoms with van der Waals surface area (Å²) < 4.78 is 0. The monoisotopic (exact) mass is 261 g/mol. The van der Waals surface area contributed by atoms with Crippen LogP contribution in [0.5, 0.6) is 0 Å². The fourth-order valence-corrected chi connectivity index (χ4v) is 2.56. The van der Waals surface area contributed by atoms with Gasteiger partial charge in [-0.1, -0.05) is 19.1 Å². The topological polar surface area (TPSA) is 42.1 Å². The highest BCUT2D eigenvalue weighted by molar-refractivity contribution is 7.09. The lowest BCUT2D eigenvalue weighted by Gasteiger charge is -2.19. The summed E-state index contributed by atoms with van der Waals surface area (Å²) in [5.74, 6) is 0.584. The highest BCUT2D eigenvalue weighted by Gasteiger charge is 2.05. The van der Waals surface area contributed by atoms with Crippen molar-refractivity contribution in [3.63, 3.8) is 0 Å². The van der Waals surface area contributed by atoms with E-state index in [-0.39, 0.29) is 0 Å². The first-order valence-corrected chi connectivity index (χ1v) is 7.11. The van der Waals surface area contributed by atoms with Crippen molar-refractivity contribution in [2.24, 2.45) is 0 Å². The van der Waals surface area contributed by atoms with E-state index in [4.69, 9.17) is 5.73 Å². The van der Waals surface area contributed by atoms with Gasteiger partial charge < -0.3 is 5.73 Å². The zero-order valence-electron chi connectivity index (χ0n) is 10.7. The quantitative estimate of drug-likeness (QED) is 0.869. The molecule has 3 nitrogen and oxygen atoms in total. The fraction of sp³-hybridized carbons (Fsp3) is 0.357. The van der Waals surface area contributed by atoms with E-state index < -0.39 is 0 Å². The Kier molecular flexibility index (Phi) is 4.73. The highest BCUT2D eigenvalue weighted by atomic mass is 32.1. The normalized spacial score (nSPS) is 11.0. The number of pyridine rings is 1. The van der Waals surface area contributed by atoms with Gasteiger partial charge in [-0.15, -0.1) is 11.3 Å². The summed E-state index contributed by atoms with van der Waals surface area (Å²) in [4.78, 5) is 8.00. The van der Waals surface area contributed by atoms with Crippen LogP contribution in [0.15, 0.2) is 35.8 Å². The maximum Gasteiger partial charge on any atom is 0.123 e. The predicted molar refractivity (Wildman–Crippen MR) is 77.6 cm³/mol. The van der Waals surface area contributed by atoms with Crippen molar-refractivity contribution in [1.82, 2.24) is 9.88 Å². The van der Waals surface area contributed by atoms with E-state index in [1.165, 1.54) is 10.4 Å². The summed E-state index contributed by atoms with van der Waals surface area (Å²) in [5, 5.41) is 2.13. The number of nitrogens with two attached hydrogens (primary N) is 1. The Bertz CT molecular complexity index is 450. The molecule has 96 valence electrons. The number of rotatable bonds is 6. The van der Waals surface area contributed by atoms with Crippen molar-refractivity contribution < 1.29 is 0 Å². The number of anilines is 1. The molecule has 0 amide bonds. The average Bonchev–Trinajstić information content (AvgIpc) is 2.90. The molecule has 4 heteroatoms. The van der Waals surface area contributed by atoms with Gasteiger partial charge in [0, 0.05) is 24.2 Å². The van der Waals surface area contributed by atoms with Gasteiger partial charge in [-0.05, 0) is 36.0 Å². The second-order valence-corrected chi connectivity index (χ2v) is 5.32. The molecule has 0 bridgehead atoms. The Balaban J connectivity index is 1.87. The van der Waals surface area contributed by atoms with Crippen molar-refractivity contribution in [3.05, 3.63) is 46.3 Å². The summed E-state index contributed by atoms with van der Waals surface area (Å²) >= 11 is 1.83. The van der Waals surface area contributed by atoms with Gasteiger partial charge in [0.15, 0.2) is 0 Å². The van der Waals surface area contributed by atoms with E-state index in [0.29, 0.717) is 5.82 Å². The molecule has 0 saturated carbocycles. The minimum absolute atomic E-state index is 0.584. The maximum absolute atomic E-state index is 5.59. The smallest absolute Gasteiger partial charge is 0.123 e. The minimum Gasteiger partial charge on any atom is -0.384 e. The molecule has 0 fully saturated rings. The second-order valence-electron chi connectivity index (χ2n) is 4.29. The number of aromatic nitrogens is 1. The number of nitrogen functional groups attached to an aromatic ring is 1. The van der Waals surface area contributed by atoms with Crippen molar-refractivity contribution in [3.8, 4) is 0 Å². The third kappa shape index (κ3) is 3.82. The van der Waals surface area contributed by atoms with E-state index in [2.05, 4.69) is 40.4 Å². The molecule has 2 aromatic rings. The Morgan fingerprint density at radius 1 is 1.33 bits per heavy atom. The lowest BCUT2D eigenvalue weighted by molar-refractivity contribution is 0.284. The van der Waals surface area contributed by atoms with Crippen LogP contribution >= 0.6 is 11.3 Å². The van der Waals surface area contributed by atoms with Crippen LogP contribution in [-0.4, -0.2) is 23.0 Å². The molecule has 2 heterocycles. The Morgan fingerprint density at radius 2 is 2.22 bits per heavy atom. The number of likely N-dealkylation sites (N-methyl/N-ethyl adjacent to an activating group) is 1. The summed E-state index contributed by atoms with van der Waals surface area (Å²) in [6.07, 6.45) is 2.98. The van der Waals surface area contributed by atoms with Crippen molar-refractivity contribution >= 4 is 17.2 Å². The molecule has 18 heavy (non-hydrogen) atoms. The molecular formula is C14H19N3S. The first kappa shape index (κ1) is 13.1. The fourth-order valence-electron chi connectivity index (χ4n) is 1.86. The molecular weight excluding hydrogens is 242 g/mol. The SMILES string of the molecule is CCN(CCc1cccs1)Cc1ccc(N)nc1. The van der Waals surface area contributed by atoms with Crippen LogP contribution in [0, 0.1) is 0 Å². The van der Waals surface area contributed by atoms with Gasteiger partial charge in [-0.2, -0.15) is 0 Å². The number of hydrogen-bond acceptors (Lipinski definition) is 4. The lowest BCUT2D eigenvalue weighted by atomic mass is 10.2. The van der Waals surface area contributed by atoms with Crippen molar-refractivity contribution in [2.45, 2.75) is 19.9 Å². The Labute approximate surface area is 112 Å². The molecule has 0 spiro atoms. The van der Waals surface area contributed by atoms with E-state index in [1.54, 1.807) is 0 Å². The predicted octanol–water partition coefficient (Wildman–Crippen LogP) is 2.79. The molecule has 0 unspecified atom stereocenters. The molecule has 0 aromatic carbocycles. The zero-order chi connectivity index (χ0) is 12.8. The van der Waals surface area contributed by atoms with Crippen LogP contribution in [0.25, 0.3) is 0 Å². The standard InChI is InChI=1S/C14H19N3S/c1-2-17(8-7-13-4-3-9-18-13)11-12-5-6-14(15)16-10-12/h3-6,9-10H,2,7-8,11H2,1H3,(H2,15,16). The Morgan fingerprint density at radius 3 is 2.83 bits per heavy atom. The molecule has 0 saturated heterocycles. The summed E-state index contributed by atoms with van der Waals surface area (Å²) in [6, 6.07) is 8.22. The molecule has 0 aliphatic rings. The van der Waals surface area contributed by atoms with Gasteiger partial charge in [-0.25, -0.2) is 4.98 Å². The third-order valence-corrected chi connectivity index (χ3v) is 3.89. The van der Waals surface area contributed by atoms with Crippen LogP contribution in [0.1, 0.15) is 17.4 Å². The van der Waals surface area contributed by atoms with Crippen LogP contribution in [0.2, 0.25) is 0 Å². The van der Waals surface area contributed by atoms with Crippen LogP contribution < -0.4 is 5.73 Å². The largest absolute Gasteiger partial charge is 0.384 e. The van der Waals surface area contributed by atoms with Crippen LogP contribution in [0.3, 0.4) is 0 Å². The van der Waals surface area contributed by atoms with Gasteiger partial charge >= 0.3 is 0 Å². The number of thiophene rings is 1. The molecule has 0 aliphatic heterocycles. The van der Waals surface area contributed by atoms with Crippen LogP contribution in [-0.2, 0) is 13.0 Å². The molecule has 0 aliphatic carbocycles. The van der Waals surface area contributed by atoms with Gasteiger partial charge in [0.05, 0.1) is 0 Å². The van der Waals surface area contributed by atoms with Gasteiger partial charge in [0.1, 0.15) is 5.82 Å². The van der Waals surface area contributed by atoms with Gasteiger partial charge in [0.2, 0.25) is 0 Å². The Hall–Kier alpha value is -1.39. The van der Waals surface area contributed by atoms with Crippen molar-refractivity contribution in [1.29, 1.82) is 0 Å². The molecule has 0 radical (unpaired) electrons.